The summed E-state index contributed by atoms with van der Waals surface area (Å²) in [6.07, 6.45) is 1.82. The predicted molar refractivity (Wildman–Crippen MR) is 136 cm³/mol. The number of hydrogen-bond acceptors (Lipinski definition) is 7. The molecule has 1 aliphatic rings. The summed E-state index contributed by atoms with van der Waals surface area (Å²) in [5.41, 5.74) is 6.76. The summed E-state index contributed by atoms with van der Waals surface area (Å²) in [6.45, 7) is 5.03. The Labute approximate surface area is 206 Å². The van der Waals surface area contributed by atoms with Gasteiger partial charge in [-0.2, -0.15) is 9.07 Å². The normalized spacial score (nSPS) is 16.0. The second kappa shape index (κ2) is 9.17. The van der Waals surface area contributed by atoms with Crippen molar-refractivity contribution in [2.75, 3.05) is 18.0 Å². The SMILES string of the molecule is CC#CCn1c(N2CCCC(N)C2)nc2c1c(=O)n(Cc1nc(C)c3ccccc3n1)c(=O)n2Cl. The van der Waals surface area contributed by atoms with E-state index < -0.39 is 11.2 Å². The number of piperidine rings is 1. The number of halogens is 1. The van der Waals surface area contributed by atoms with Crippen LogP contribution in [0.1, 0.15) is 31.3 Å². The fourth-order valence-electron chi connectivity index (χ4n) is 4.58. The Balaban J connectivity index is 1.69. The van der Waals surface area contributed by atoms with E-state index in [1.165, 1.54) is 0 Å². The first kappa shape index (κ1) is 23.1. The summed E-state index contributed by atoms with van der Waals surface area (Å²) in [4.78, 5) is 42.5. The second-order valence-electron chi connectivity index (χ2n) is 8.64. The summed E-state index contributed by atoms with van der Waals surface area (Å²) < 4.78 is 3.64. The highest BCUT2D eigenvalue weighted by atomic mass is 35.5. The highest BCUT2D eigenvalue weighted by molar-refractivity contribution is 6.18. The van der Waals surface area contributed by atoms with E-state index in [4.69, 9.17) is 17.5 Å². The van der Waals surface area contributed by atoms with E-state index in [1.807, 2.05) is 36.1 Å². The molecule has 10 nitrogen and oxygen atoms in total. The van der Waals surface area contributed by atoms with Crippen LogP contribution in [-0.2, 0) is 13.1 Å². The van der Waals surface area contributed by atoms with Gasteiger partial charge in [0.25, 0.3) is 5.56 Å². The fourth-order valence-corrected chi connectivity index (χ4v) is 4.78. The van der Waals surface area contributed by atoms with Crippen LogP contribution in [0.2, 0.25) is 0 Å². The zero-order valence-corrected chi connectivity index (χ0v) is 20.3. The Morgan fingerprint density at radius 1 is 1.17 bits per heavy atom. The van der Waals surface area contributed by atoms with Crippen LogP contribution in [0.15, 0.2) is 33.9 Å². The molecule has 0 aliphatic carbocycles. The molecular weight excluding hydrogens is 468 g/mol. The minimum Gasteiger partial charge on any atom is -0.341 e. The molecule has 0 spiro atoms. The third kappa shape index (κ3) is 4.07. The van der Waals surface area contributed by atoms with Gasteiger partial charge in [-0.3, -0.25) is 9.36 Å². The standard InChI is InChI=1S/C24H25ClN8O2/c1-3-4-12-31-20-21(29-23(31)30-11-7-8-16(26)13-30)33(25)24(35)32(22(20)34)14-19-27-15(2)17-9-5-6-10-18(17)28-19/h5-6,9-10,16H,7-8,11-14,26H2,1-2H3. The molecule has 1 saturated heterocycles. The van der Waals surface area contributed by atoms with Crippen LogP contribution in [0, 0.1) is 18.8 Å². The Hall–Kier alpha value is -3.68. The largest absolute Gasteiger partial charge is 0.348 e. The average molecular weight is 493 g/mol. The van der Waals surface area contributed by atoms with Crippen LogP contribution >= 0.6 is 11.8 Å². The smallest absolute Gasteiger partial charge is 0.341 e. The molecule has 1 atom stereocenters. The van der Waals surface area contributed by atoms with E-state index in [0.29, 0.717) is 18.3 Å². The number of rotatable bonds is 4. The van der Waals surface area contributed by atoms with Gasteiger partial charge in [-0.05, 0) is 32.8 Å². The van der Waals surface area contributed by atoms with Crippen molar-refractivity contribution in [2.45, 2.75) is 45.8 Å². The van der Waals surface area contributed by atoms with Gasteiger partial charge in [-0.25, -0.2) is 19.3 Å². The van der Waals surface area contributed by atoms with Crippen molar-refractivity contribution in [2.24, 2.45) is 5.73 Å². The first-order valence-corrected chi connectivity index (χ1v) is 11.8. The minimum atomic E-state index is -0.702. The van der Waals surface area contributed by atoms with Crippen molar-refractivity contribution in [3.05, 3.63) is 56.6 Å². The maximum absolute atomic E-state index is 13.7. The lowest BCUT2D eigenvalue weighted by molar-refractivity contribution is 0.496. The number of aryl methyl sites for hydroxylation is 1. The molecule has 4 heterocycles. The first-order valence-electron chi connectivity index (χ1n) is 11.4. The number of imidazole rings is 1. The summed E-state index contributed by atoms with van der Waals surface area (Å²) in [6, 6.07) is 7.59. The number of nitrogens with zero attached hydrogens (tertiary/aromatic N) is 7. The lowest BCUT2D eigenvalue weighted by Crippen LogP contribution is -2.44. The molecule has 1 aliphatic heterocycles. The van der Waals surface area contributed by atoms with E-state index >= 15 is 0 Å². The van der Waals surface area contributed by atoms with Gasteiger partial charge in [0.1, 0.15) is 5.82 Å². The molecule has 3 aromatic heterocycles. The first-order chi connectivity index (χ1) is 16.9. The molecule has 0 saturated carbocycles. The van der Waals surface area contributed by atoms with Crippen LogP contribution in [0.3, 0.4) is 0 Å². The number of hydrogen-bond donors (Lipinski definition) is 1. The van der Waals surface area contributed by atoms with Crippen LogP contribution in [-0.4, -0.2) is 47.3 Å². The average Bonchev–Trinajstić information content (AvgIpc) is 3.24. The highest BCUT2D eigenvalue weighted by Crippen LogP contribution is 2.23. The molecule has 1 aromatic carbocycles. The summed E-state index contributed by atoms with van der Waals surface area (Å²) in [5, 5.41) is 0.911. The van der Waals surface area contributed by atoms with Gasteiger partial charge >= 0.3 is 5.69 Å². The van der Waals surface area contributed by atoms with E-state index in [1.54, 1.807) is 11.5 Å². The van der Waals surface area contributed by atoms with Gasteiger partial charge in [0, 0.05) is 42.0 Å². The Morgan fingerprint density at radius 3 is 2.74 bits per heavy atom. The maximum Gasteiger partial charge on any atom is 0.348 e. The van der Waals surface area contributed by atoms with E-state index in [2.05, 4.69) is 26.8 Å². The van der Waals surface area contributed by atoms with Crippen molar-refractivity contribution in [3.63, 3.8) is 0 Å². The molecule has 35 heavy (non-hydrogen) atoms. The molecule has 11 heteroatoms. The summed E-state index contributed by atoms with van der Waals surface area (Å²) in [5.74, 6) is 6.74. The van der Waals surface area contributed by atoms with Crippen molar-refractivity contribution in [1.82, 2.24) is 28.2 Å². The monoisotopic (exact) mass is 492 g/mol. The quantitative estimate of drug-likeness (QED) is 0.430. The lowest BCUT2D eigenvalue weighted by atomic mass is 10.1. The predicted octanol–water partition coefficient (Wildman–Crippen LogP) is 1.61. The number of nitrogens with two attached hydrogens (primary N) is 1. The Kier molecular flexibility index (Phi) is 6.05. The number of anilines is 1. The van der Waals surface area contributed by atoms with Crippen LogP contribution in [0.5, 0.6) is 0 Å². The Bertz CT molecular complexity index is 1620. The molecule has 4 aromatic rings. The van der Waals surface area contributed by atoms with E-state index in [9.17, 15) is 9.59 Å². The molecule has 1 fully saturated rings. The van der Waals surface area contributed by atoms with Crippen molar-refractivity contribution < 1.29 is 0 Å². The lowest BCUT2D eigenvalue weighted by Gasteiger charge is -2.31. The van der Waals surface area contributed by atoms with Crippen molar-refractivity contribution in [3.8, 4) is 11.8 Å². The van der Waals surface area contributed by atoms with Gasteiger partial charge in [-0.15, -0.1) is 5.92 Å². The van der Waals surface area contributed by atoms with Crippen LogP contribution < -0.4 is 21.9 Å². The van der Waals surface area contributed by atoms with Gasteiger partial charge in [-0.1, -0.05) is 24.1 Å². The number of aromatic nitrogens is 6. The molecule has 2 N–H and O–H groups in total. The molecule has 1 unspecified atom stereocenters. The molecule has 0 radical (unpaired) electrons. The third-order valence-electron chi connectivity index (χ3n) is 6.26. The number of para-hydroxylation sites is 1. The number of fused-ring (bicyclic) bond motifs is 2. The summed E-state index contributed by atoms with van der Waals surface area (Å²) in [7, 11) is 0. The minimum absolute atomic E-state index is 0.00239. The molecular formula is C24H25ClN8O2. The van der Waals surface area contributed by atoms with Gasteiger partial charge < -0.3 is 10.6 Å². The van der Waals surface area contributed by atoms with Gasteiger partial charge in [0.05, 0.1) is 18.6 Å². The van der Waals surface area contributed by atoms with Crippen LogP contribution in [0.4, 0.5) is 5.95 Å². The molecule has 5 rings (SSSR count). The van der Waals surface area contributed by atoms with E-state index in [0.717, 1.165) is 44.6 Å². The zero-order valence-electron chi connectivity index (χ0n) is 19.5. The molecule has 0 bridgehead atoms. The molecule has 180 valence electrons. The Morgan fingerprint density at radius 2 is 1.97 bits per heavy atom. The zero-order chi connectivity index (χ0) is 24.7. The summed E-state index contributed by atoms with van der Waals surface area (Å²) >= 11 is 6.43. The highest BCUT2D eigenvalue weighted by Gasteiger charge is 2.26. The third-order valence-corrected chi connectivity index (χ3v) is 6.56. The maximum atomic E-state index is 13.7. The fraction of sp³-hybridized carbons (Fsp3) is 0.375. The topological polar surface area (TPSA) is 117 Å². The second-order valence-corrected chi connectivity index (χ2v) is 8.98. The van der Waals surface area contributed by atoms with Crippen molar-refractivity contribution in [1.29, 1.82) is 0 Å². The van der Waals surface area contributed by atoms with E-state index in [-0.39, 0.29) is 30.3 Å². The van der Waals surface area contributed by atoms with Gasteiger partial charge in [0.15, 0.2) is 11.2 Å². The van der Waals surface area contributed by atoms with Gasteiger partial charge in [0.2, 0.25) is 5.95 Å². The number of benzene rings is 1. The van der Waals surface area contributed by atoms with Crippen LogP contribution in [0.25, 0.3) is 22.1 Å². The van der Waals surface area contributed by atoms with Crippen molar-refractivity contribution >= 4 is 39.8 Å². The molecule has 0 amide bonds.